The van der Waals surface area contributed by atoms with Gasteiger partial charge in [-0.2, -0.15) is 0 Å². The van der Waals surface area contributed by atoms with E-state index in [2.05, 4.69) is 27.7 Å². The molecule has 2 aliphatic rings. The Morgan fingerprint density at radius 1 is 0.824 bits per heavy atom. The summed E-state index contributed by atoms with van der Waals surface area (Å²) >= 11 is 0. The molecule has 0 aliphatic heterocycles. The lowest BCUT2D eigenvalue weighted by molar-refractivity contribution is 0.0498. The van der Waals surface area contributed by atoms with Crippen molar-refractivity contribution in [3.63, 3.8) is 0 Å². The van der Waals surface area contributed by atoms with Gasteiger partial charge in [-0.1, -0.05) is 59.8 Å². The van der Waals surface area contributed by atoms with E-state index in [1.165, 1.54) is 44.9 Å². The zero-order valence-corrected chi connectivity index (χ0v) is 12.4. The molecule has 0 heteroatoms. The Balaban J connectivity index is 1.98. The highest BCUT2D eigenvalue weighted by molar-refractivity contribution is 4.87. The van der Waals surface area contributed by atoms with E-state index >= 15 is 0 Å². The van der Waals surface area contributed by atoms with Crippen LogP contribution < -0.4 is 0 Å². The molecule has 0 N–H and O–H groups in total. The first-order chi connectivity index (χ1) is 8.09. The first kappa shape index (κ1) is 13.4. The third-order valence-electron chi connectivity index (χ3n) is 5.86. The lowest BCUT2D eigenvalue weighted by Gasteiger charge is -2.44. The molecule has 0 aromatic heterocycles. The molecule has 2 rings (SSSR count). The zero-order valence-electron chi connectivity index (χ0n) is 12.4. The molecule has 3 atom stereocenters. The van der Waals surface area contributed by atoms with Crippen LogP contribution in [0.15, 0.2) is 0 Å². The van der Waals surface area contributed by atoms with Crippen molar-refractivity contribution in [3.05, 3.63) is 0 Å². The predicted molar refractivity (Wildman–Crippen MR) is 76.0 cm³/mol. The normalized spacial score (nSPS) is 42.4. The molecule has 2 fully saturated rings. The minimum absolute atomic E-state index is 0.964. The van der Waals surface area contributed by atoms with Crippen molar-refractivity contribution in [1.82, 2.24) is 0 Å². The van der Waals surface area contributed by atoms with Crippen molar-refractivity contribution in [2.75, 3.05) is 0 Å². The quantitative estimate of drug-likeness (QED) is 0.592. The van der Waals surface area contributed by atoms with E-state index in [4.69, 9.17) is 0 Å². The molecule has 0 radical (unpaired) electrons. The van der Waals surface area contributed by atoms with Gasteiger partial charge in [0.2, 0.25) is 0 Å². The maximum atomic E-state index is 2.57. The maximum Gasteiger partial charge on any atom is -0.0334 e. The van der Waals surface area contributed by atoms with Gasteiger partial charge in [0.25, 0.3) is 0 Å². The summed E-state index contributed by atoms with van der Waals surface area (Å²) in [7, 11) is 0. The molecule has 0 bridgehead atoms. The van der Waals surface area contributed by atoms with Gasteiger partial charge in [0, 0.05) is 0 Å². The van der Waals surface area contributed by atoms with Gasteiger partial charge in [-0.3, -0.25) is 0 Å². The van der Waals surface area contributed by atoms with Crippen molar-refractivity contribution in [1.29, 1.82) is 0 Å². The van der Waals surface area contributed by atoms with Gasteiger partial charge in [0.05, 0.1) is 0 Å². The molecule has 2 aliphatic carbocycles. The van der Waals surface area contributed by atoms with E-state index in [0.29, 0.717) is 0 Å². The van der Waals surface area contributed by atoms with E-state index in [1.807, 2.05) is 0 Å². The fourth-order valence-corrected chi connectivity index (χ4v) is 5.25. The number of rotatable bonds is 2. The monoisotopic (exact) mass is 236 g/mol. The molecule has 3 unspecified atom stereocenters. The SMILES string of the molecule is CC1CC(C)C(C(C)C2CCCCC2)C(C)C1. The predicted octanol–water partition coefficient (Wildman–Crippen LogP) is 5.52. The maximum absolute atomic E-state index is 2.57. The summed E-state index contributed by atoms with van der Waals surface area (Å²) < 4.78 is 0. The zero-order chi connectivity index (χ0) is 12.4. The summed E-state index contributed by atoms with van der Waals surface area (Å²) in [6, 6.07) is 0. The van der Waals surface area contributed by atoms with Gasteiger partial charge >= 0.3 is 0 Å². The van der Waals surface area contributed by atoms with E-state index in [9.17, 15) is 0 Å². The smallest absolute Gasteiger partial charge is 0.0334 e. The lowest BCUT2D eigenvalue weighted by Crippen LogP contribution is -2.36. The Hall–Kier alpha value is 0. The van der Waals surface area contributed by atoms with Crippen molar-refractivity contribution < 1.29 is 0 Å². The molecule has 0 nitrogen and oxygen atoms in total. The van der Waals surface area contributed by atoms with Crippen LogP contribution in [0.25, 0.3) is 0 Å². The van der Waals surface area contributed by atoms with Gasteiger partial charge in [-0.25, -0.2) is 0 Å². The number of hydrogen-bond acceptors (Lipinski definition) is 0. The summed E-state index contributed by atoms with van der Waals surface area (Å²) in [6.07, 6.45) is 10.5. The lowest BCUT2D eigenvalue weighted by atomic mass is 9.61. The van der Waals surface area contributed by atoms with Crippen molar-refractivity contribution in [2.24, 2.45) is 35.5 Å². The van der Waals surface area contributed by atoms with E-state index in [0.717, 1.165) is 35.5 Å². The highest BCUT2D eigenvalue weighted by Crippen LogP contribution is 2.46. The Morgan fingerprint density at radius 3 is 1.88 bits per heavy atom. The van der Waals surface area contributed by atoms with Crippen LogP contribution in [0.5, 0.6) is 0 Å². The van der Waals surface area contributed by atoms with Crippen LogP contribution in [0.2, 0.25) is 0 Å². The number of hydrogen-bond donors (Lipinski definition) is 0. The first-order valence-corrected chi connectivity index (χ1v) is 8.09. The molecular weight excluding hydrogens is 204 g/mol. The van der Waals surface area contributed by atoms with Crippen LogP contribution >= 0.6 is 0 Å². The van der Waals surface area contributed by atoms with Gasteiger partial charge < -0.3 is 0 Å². The van der Waals surface area contributed by atoms with Crippen molar-refractivity contribution >= 4 is 0 Å². The van der Waals surface area contributed by atoms with Crippen molar-refractivity contribution in [2.45, 2.75) is 72.6 Å². The third-order valence-corrected chi connectivity index (χ3v) is 5.86. The van der Waals surface area contributed by atoms with E-state index in [1.54, 1.807) is 0 Å². The Bertz CT molecular complexity index is 214. The van der Waals surface area contributed by atoms with Crippen LogP contribution in [-0.2, 0) is 0 Å². The van der Waals surface area contributed by atoms with Crippen molar-refractivity contribution in [3.8, 4) is 0 Å². The molecule has 2 saturated carbocycles. The molecule has 17 heavy (non-hydrogen) atoms. The molecule has 0 spiro atoms. The van der Waals surface area contributed by atoms with Crippen LogP contribution in [0.4, 0.5) is 0 Å². The highest BCUT2D eigenvalue weighted by Gasteiger charge is 2.37. The summed E-state index contributed by atoms with van der Waals surface area (Å²) in [4.78, 5) is 0. The van der Waals surface area contributed by atoms with Gasteiger partial charge in [-0.05, 0) is 48.3 Å². The van der Waals surface area contributed by atoms with Gasteiger partial charge in [0.15, 0.2) is 0 Å². The molecule has 0 heterocycles. The molecule has 0 aromatic carbocycles. The largest absolute Gasteiger partial charge is 0.0625 e. The summed E-state index contributed by atoms with van der Waals surface area (Å²) in [5.74, 6) is 5.93. The van der Waals surface area contributed by atoms with Crippen LogP contribution in [0, 0.1) is 35.5 Å². The second kappa shape index (κ2) is 5.76. The summed E-state index contributed by atoms with van der Waals surface area (Å²) in [5, 5.41) is 0. The average molecular weight is 236 g/mol. The van der Waals surface area contributed by atoms with Gasteiger partial charge in [0.1, 0.15) is 0 Å². The third kappa shape index (κ3) is 3.06. The molecule has 100 valence electrons. The summed E-state index contributed by atoms with van der Waals surface area (Å²) in [5.41, 5.74) is 0. The standard InChI is InChI=1S/C17H32/c1-12-10-13(2)17(14(3)11-12)15(4)16-8-6-5-7-9-16/h12-17H,5-11H2,1-4H3. The molecule has 0 aromatic rings. The van der Waals surface area contributed by atoms with Crippen LogP contribution in [0.3, 0.4) is 0 Å². The summed E-state index contributed by atoms with van der Waals surface area (Å²) in [6.45, 7) is 10.1. The average Bonchev–Trinajstić information content (AvgIpc) is 2.28. The minimum Gasteiger partial charge on any atom is -0.0625 e. The minimum atomic E-state index is 0.964. The molecular formula is C17H32. The second-order valence-corrected chi connectivity index (χ2v) is 7.37. The first-order valence-electron chi connectivity index (χ1n) is 8.09. The van der Waals surface area contributed by atoms with E-state index in [-0.39, 0.29) is 0 Å². The molecule has 0 amide bonds. The fraction of sp³-hybridized carbons (Fsp3) is 1.00. The Labute approximate surface area is 109 Å². The topological polar surface area (TPSA) is 0 Å². The highest BCUT2D eigenvalue weighted by atomic mass is 14.4. The van der Waals surface area contributed by atoms with Crippen LogP contribution in [0.1, 0.15) is 72.6 Å². The van der Waals surface area contributed by atoms with E-state index < -0.39 is 0 Å². The molecule has 0 saturated heterocycles. The van der Waals surface area contributed by atoms with Gasteiger partial charge in [-0.15, -0.1) is 0 Å². The fourth-order valence-electron chi connectivity index (χ4n) is 5.25. The van der Waals surface area contributed by atoms with Crippen LogP contribution in [-0.4, -0.2) is 0 Å². The Kier molecular flexibility index (Phi) is 4.55. The Morgan fingerprint density at radius 2 is 1.35 bits per heavy atom. The second-order valence-electron chi connectivity index (χ2n) is 7.37.